The van der Waals surface area contributed by atoms with Crippen LogP contribution in [0.5, 0.6) is 0 Å². The van der Waals surface area contributed by atoms with Crippen molar-refractivity contribution in [3.63, 3.8) is 0 Å². The Hall–Kier alpha value is -2.03. The zero-order valence-corrected chi connectivity index (χ0v) is 13.1. The van der Waals surface area contributed by atoms with E-state index < -0.39 is 29.9 Å². The number of carbonyl (C=O) groups is 1. The van der Waals surface area contributed by atoms with Gasteiger partial charge in [-0.15, -0.1) is 0 Å². The lowest BCUT2D eigenvalue weighted by atomic mass is 10.1. The second-order valence-corrected chi connectivity index (χ2v) is 5.73. The average Bonchev–Trinajstić information content (AvgIpc) is 2.38. The van der Waals surface area contributed by atoms with E-state index in [4.69, 9.17) is 0 Å². The van der Waals surface area contributed by atoms with E-state index in [0.717, 1.165) is 6.20 Å². The van der Waals surface area contributed by atoms with Crippen LogP contribution in [0.2, 0.25) is 0 Å². The standard InChI is InChI=1S/C14H20F3N3O3/c1-4-19(8-13(2,3)23)12(22)18-10-6-5-7-20(11(10)21)9-14(15,16)17/h5-7,23H,4,8-9H2,1-3H3,(H,18,22). The molecule has 0 saturated carbocycles. The number of aromatic nitrogens is 1. The third-order valence-corrected chi connectivity index (χ3v) is 2.86. The van der Waals surface area contributed by atoms with Crippen LogP contribution >= 0.6 is 0 Å². The van der Waals surface area contributed by atoms with Gasteiger partial charge < -0.3 is 19.9 Å². The molecule has 130 valence electrons. The van der Waals surface area contributed by atoms with Crippen LogP contribution in [0.1, 0.15) is 20.8 Å². The number of alkyl halides is 3. The molecule has 23 heavy (non-hydrogen) atoms. The van der Waals surface area contributed by atoms with Crippen molar-refractivity contribution in [2.75, 3.05) is 18.4 Å². The minimum absolute atomic E-state index is 0.0128. The molecule has 2 N–H and O–H groups in total. The van der Waals surface area contributed by atoms with E-state index >= 15 is 0 Å². The maximum Gasteiger partial charge on any atom is 0.406 e. The highest BCUT2D eigenvalue weighted by Crippen LogP contribution is 2.16. The lowest BCUT2D eigenvalue weighted by Gasteiger charge is -2.28. The first-order chi connectivity index (χ1) is 10.4. The minimum atomic E-state index is -4.54. The van der Waals surface area contributed by atoms with E-state index in [1.807, 2.05) is 0 Å². The van der Waals surface area contributed by atoms with Crippen molar-refractivity contribution in [3.8, 4) is 0 Å². The van der Waals surface area contributed by atoms with Crippen LogP contribution in [0, 0.1) is 0 Å². The molecule has 1 rings (SSSR count). The number of halogens is 3. The number of hydrogen-bond donors (Lipinski definition) is 2. The molecule has 0 aliphatic rings. The Kier molecular flexibility index (Phi) is 5.81. The van der Waals surface area contributed by atoms with Crippen molar-refractivity contribution in [1.82, 2.24) is 9.47 Å². The number of aliphatic hydroxyl groups is 1. The Bertz CT molecular complexity index is 606. The molecule has 0 radical (unpaired) electrons. The summed E-state index contributed by atoms with van der Waals surface area (Å²) in [6.45, 7) is 3.55. The maximum atomic E-state index is 12.4. The van der Waals surface area contributed by atoms with Gasteiger partial charge in [-0.2, -0.15) is 13.2 Å². The predicted molar refractivity (Wildman–Crippen MR) is 79.3 cm³/mol. The molecule has 1 heterocycles. The molecule has 1 aromatic heterocycles. The van der Waals surface area contributed by atoms with Crippen molar-refractivity contribution >= 4 is 11.7 Å². The molecule has 0 aromatic carbocycles. The fourth-order valence-electron chi connectivity index (χ4n) is 1.94. The highest BCUT2D eigenvalue weighted by Gasteiger charge is 2.29. The molecule has 0 saturated heterocycles. The van der Waals surface area contributed by atoms with Crippen LogP contribution in [0.3, 0.4) is 0 Å². The fraction of sp³-hybridized carbons (Fsp3) is 0.571. The maximum absolute atomic E-state index is 12.4. The molecule has 9 heteroatoms. The van der Waals surface area contributed by atoms with Crippen LogP contribution in [0.15, 0.2) is 23.1 Å². The Morgan fingerprint density at radius 3 is 2.48 bits per heavy atom. The van der Waals surface area contributed by atoms with Crippen molar-refractivity contribution in [3.05, 3.63) is 28.7 Å². The minimum Gasteiger partial charge on any atom is -0.389 e. The van der Waals surface area contributed by atoms with Gasteiger partial charge in [0, 0.05) is 12.7 Å². The molecule has 0 atom stereocenters. The zero-order valence-electron chi connectivity index (χ0n) is 13.1. The van der Waals surface area contributed by atoms with Gasteiger partial charge in [0.2, 0.25) is 0 Å². The van der Waals surface area contributed by atoms with Gasteiger partial charge >= 0.3 is 12.2 Å². The van der Waals surface area contributed by atoms with Gasteiger partial charge in [-0.05, 0) is 32.9 Å². The number of pyridine rings is 1. The van der Waals surface area contributed by atoms with Gasteiger partial charge in [0.15, 0.2) is 0 Å². The van der Waals surface area contributed by atoms with Crippen LogP contribution in [0.25, 0.3) is 0 Å². The summed E-state index contributed by atoms with van der Waals surface area (Å²) < 4.78 is 37.7. The number of carbonyl (C=O) groups excluding carboxylic acids is 1. The summed E-state index contributed by atoms with van der Waals surface area (Å²) in [5, 5.41) is 12.0. The molecule has 0 aliphatic heterocycles. The number of amides is 2. The summed E-state index contributed by atoms with van der Waals surface area (Å²) in [4.78, 5) is 25.3. The number of urea groups is 1. The van der Waals surface area contributed by atoms with Crippen molar-refractivity contribution in [2.24, 2.45) is 0 Å². The smallest absolute Gasteiger partial charge is 0.389 e. The van der Waals surface area contributed by atoms with E-state index in [0.29, 0.717) is 4.57 Å². The fourth-order valence-corrected chi connectivity index (χ4v) is 1.94. The van der Waals surface area contributed by atoms with E-state index in [1.54, 1.807) is 6.92 Å². The molecule has 2 amide bonds. The van der Waals surface area contributed by atoms with E-state index in [9.17, 15) is 27.9 Å². The van der Waals surface area contributed by atoms with Crippen LogP contribution < -0.4 is 10.9 Å². The molecule has 0 spiro atoms. The Labute approximate surface area is 131 Å². The molecule has 0 unspecified atom stereocenters. The van der Waals surface area contributed by atoms with Crippen LogP contribution in [-0.4, -0.2) is 45.5 Å². The van der Waals surface area contributed by atoms with E-state index in [1.165, 1.54) is 30.9 Å². The van der Waals surface area contributed by atoms with Gasteiger partial charge in [0.05, 0.1) is 12.1 Å². The van der Waals surface area contributed by atoms with E-state index in [2.05, 4.69) is 5.32 Å². The highest BCUT2D eigenvalue weighted by atomic mass is 19.4. The normalized spacial score (nSPS) is 12.1. The highest BCUT2D eigenvalue weighted by molar-refractivity contribution is 5.89. The van der Waals surface area contributed by atoms with Gasteiger partial charge in [0.1, 0.15) is 12.2 Å². The summed E-state index contributed by atoms with van der Waals surface area (Å²) in [6, 6.07) is 1.80. The zero-order chi connectivity index (χ0) is 17.8. The van der Waals surface area contributed by atoms with Crippen molar-refractivity contribution in [1.29, 1.82) is 0 Å². The molecule has 1 aromatic rings. The molecular formula is C14H20F3N3O3. The summed E-state index contributed by atoms with van der Waals surface area (Å²) in [7, 11) is 0. The number of hydrogen-bond acceptors (Lipinski definition) is 3. The predicted octanol–water partition coefficient (Wildman–Crippen LogP) is 2.04. The Morgan fingerprint density at radius 1 is 1.39 bits per heavy atom. The molecular weight excluding hydrogens is 315 g/mol. The van der Waals surface area contributed by atoms with Gasteiger partial charge in [-0.1, -0.05) is 0 Å². The van der Waals surface area contributed by atoms with Gasteiger partial charge in [-0.25, -0.2) is 4.79 Å². The first-order valence-corrected chi connectivity index (χ1v) is 6.97. The molecule has 0 aliphatic carbocycles. The summed E-state index contributed by atoms with van der Waals surface area (Å²) in [6.07, 6.45) is -3.54. The quantitative estimate of drug-likeness (QED) is 0.865. The number of rotatable bonds is 5. The van der Waals surface area contributed by atoms with Crippen molar-refractivity contribution < 1.29 is 23.1 Å². The Balaban J connectivity index is 2.94. The SMILES string of the molecule is CCN(CC(C)(C)O)C(=O)Nc1cccn(CC(F)(F)F)c1=O. The molecule has 6 nitrogen and oxygen atoms in total. The van der Waals surface area contributed by atoms with Crippen LogP contribution in [0.4, 0.5) is 23.7 Å². The second-order valence-electron chi connectivity index (χ2n) is 5.73. The lowest BCUT2D eigenvalue weighted by Crippen LogP contribution is -2.44. The number of anilines is 1. The van der Waals surface area contributed by atoms with Crippen LogP contribution in [-0.2, 0) is 6.54 Å². The summed E-state index contributed by atoms with van der Waals surface area (Å²) >= 11 is 0. The first kappa shape index (κ1) is 19.0. The number of nitrogens with one attached hydrogen (secondary N) is 1. The topological polar surface area (TPSA) is 74.6 Å². The third kappa shape index (κ3) is 6.31. The van der Waals surface area contributed by atoms with Crippen molar-refractivity contribution in [2.45, 2.75) is 39.1 Å². The summed E-state index contributed by atoms with van der Waals surface area (Å²) in [5.74, 6) is 0. The van der Waals surface area contributed by atoms with E-state index in [-0.39, 0.29) is 18.8 Å². The third-order valence-electron chi connectivity index (χ3n) is 2.86. The second kappa shape index (κ2) is 7.03. The largest absolute Gasteiger partial charge is 0.406 e. The summed E-state index contributed by atoms with van der Waals surface area (Å²) in [5.41, 5.74) is -2.34. The average molecular weight is 335 g/mol. The first-order valence-electron chi connectivity index (χ1n) is 6.97. The van der Waals surface area contributed by atoms with Gasteiger partial charge in [0.25, 0.3) is 5.56 Å². The number of nitrogens with zero attached hydrogens (tertiary/aromatic N) is 2. The molecule has 0 bridgehead atoms. The molecule has 0 fully saturated rings. The lowest BCUT2D eigenvalue weighted by molar-refractivity contribution is -0.141. The Morgan fingerprint density at radius 2 is 2.00 bits per heavy atom. The number of likely N-dealkylation sites (N-methyl/N-ethyl adjacent to an activating group) is 1. The monoisotopic (exact) mass is 335 g/mol. The van der Waals surface area contributed by atoms with Gasteiger partial charge in [-0.3, -0.25) is 4.79 Å².